The van der Waals surface area contributed by atoms with Gasteiger partial charge in [-0.05, 0) is 50.6 Å². The lowest BCUT2D eigenvalue weighted by atomic mass is 10.1. The Bertz CT molecular complexity index is 1060. The number of hydrogen-bond donors (Lipinski definition) is 1. The molecule has 3 aromatic rings. The fraction of sp³-hybridized carbons (Fsp3) is 0.320. The fourth-order valence-corrected chi connectivity index (χ4v) is 4.09. The minimum atomic E-state index is -0.876. The number of hydrogen-bond acceptors (Lipinski definition) is 6. The van der Waals surface area contributed by atoms with E-state index in [9.17, 15) is 9.90 Å². The van der Waals surface area contributed by atoms with Gasteiger partial charge in [0.15, 0.2) is 5.82 Å². The van der Waals surface area contributed by atoms with Gasteiger partial charge in [-0.3, -0.25) is 4.79 Å². The zero-order chi connectivity index (χ0) is 23.1. The number of thioether (sulfide) groups is 1. The molecule has 0 aliphatic carbocycles. The number of anilines is 1. The van der Waals surface area contributed by atoms with Gasteiger partial charge < -0.3 is 14.7 Å². The largest absolute Gasteiger partial charge is 0.480 e. The van der Waals surface area contributed by atoms with E-state index in [4.69, 9.17) is 9.72 Å². The second-order valence-corrected chi connectivity index (χ2v) is 9.78. The van der Waals surface area contributed by atoms with Crippen LogP contribution in [0.2, 0.25) is 0 Å². The van der Waals surface area contributed by atoms with Crippen LogP contribution in [-0.2, 0) is 16.1 Å². The molecule has 0 radical (unpaired) electrons. The molecule has 0 spiro atoms. The van der Waals surface area contributed by atoms with Crippen LogP contribution >= 0.6 is 24.2 Å². The Kier molecular flexibility index (Phi) is 9.70. The van der Waals surface area contributed by atoms with E-state index in [1.165, 1.54) is 11.8 Å². The molecule has 0 bridgehead atoms. The molecule has 3 rings (SSSR count). The third kappa shape index (κ3) is 7.45. The SMILES string of the molecule is COCCN(Cc1ccc(SC(C)(C)C(=O)O)cc1)c1ccnc(-c2cccc(C)c2)n1.Cl. The van der Waals surface area contributed by atoms with E-state index in [1.807, 2.05) is 42.5 Å². The Morgan fingerprint density at radius 1 is 1.15 bits per heavy atom. The van der Waals surface area contributed by atoms with Crippen LogP contribution in [0.4, 0.5) is 5.82 Å². The van der Waals surface area contributed by atoms with Crippen molar-refractivity contribution in [1.82, 2.24) is 9.97 Å². The number of halogens is 1. The Morgan fingerprint density at radius 2 is 1.88 bits per heavy atom. The summed E-state index contributed by atoms with van der Waals surface area (Å²) in [5, 5.41) is 9.35. The number of aromatic nitrogens is 2. The van der Waals surface area contributed by atoms with Crippen LogP contribution in [0.5, 0.6) is 0 Å². The van der Waals surface area contributed by atoms with Gasteiger partial charge in [0.25, 0.3) is 0 Å². The lowest BCUT2D eigenvalue weighted by molar-refractivity contribution is -0.138. The maximum absolute atomic E-state index is 11.4. The van der Waals surface area contributed by atoms with Gasteiger partial charge in [-0.2, -0.15) is 0 Å². The van der Waals surface area contributed by atoms with Crippen LogP contribution in [0.3, 0.4) is 0 Å². The number of ether oxygens (including phenoxy) is 1. The molecule has 8 heteroatoms. The zero-order valence-corrected chi connectivity index (χ0v) is 20.9. The summed E-state index contributed by atoms with van der Waals surface area (Å²) >= 11 is 1.34. The van der Waals surface area contributed by atoms with Gasteiger partial charge >= 0.3 is 5.97 Å². The van der Waals surface area contributed by atoms with Crippen LogP contribution in [0.15, 0.2) is 65.7 Å². The van der Waals surface area contributed by atoms with Gasteiger partial charge in [-0.1, -0.05) is 35.9 Å². The number of nitrogens with zero attached hydrogens (tertiary/aromatic N) is 3. The topological polar surface area (TPSA) is 75.5 Å². The molecule has 0 atom stereocenters. The number of carboxylic acid groups (broad SMARTS) is 1. The highest BCUT2D eigenvalue weighted by Crippen LogP contribution is 2.33. The van der Waals surface area contributed by atoms with Crippen molar-refractivity contribution < 1.29 is 14.6 Å². The first-order valence-electron chi connectivity index (χ1n) is 10.4. The number of methoxy groups -OCH3 is 1. The maximum Gasteiger partial charge on any atom is 0.319 e. The molecule has 176 valence electrons. The van der Waals surface area contributed by atoms with E-state index in [-0.39, 0.29) is 12.4 Å². The summed E-state index contributed by atoms with van der Waals surface area (Å²) < 4.78 is 4.44. The van der Waals surface area contributed by atoms with Gasteiger partial charge in [-0.15, -0.1) is 24.2 Å². The molecule has 0 saturated heterocycles. The van der Waals surface area contributed by atoms with Crippen molar-refractivity contribution in [3.05, 3.63) is 71.9 Å². The van der Waals surface area contributed by atoms with Crippen molar-refractivity contribution in [2.75, 3.05) is 25.2 Å². The van der Waals surface area contributed by atoms with Gasteiger partial charge in [0.1, 0.15) is 10.6 Å². The highest BCUT2D eigenvalue weighted by Gasteiger charge is 2.28. The summed E-state index contributed by atoms with van der Waals surface area (Å²) in [6.45, 7) is 7.38. The number of aryl methyl sites for hydroxylation is 1. The first kappa shape index (κ1) is 26.6. The lowest BCUT2D eigenvalue weighted by Crippen LogP contribution is -2.28. The number of carboxylic acids is 1. The van der Waals surface area contributed by atoms with Gasteiger partial charge in [-0.25, -0.2) is 9.97 Å². The monoisotopic (exact) mass is 487 g/mol. The molecular formula is C25H30ClN3O3S. The van der Waals surface area contributed by atoms with Crippen molar-refractivity contribution in [2.45, 2.75) is 37.0 Å². The van der Waals surface area contributed by atoms with E-state index < -0.39 is 10.7 Å². The predicted octanol–water partition coefficient (Wildman–Crippen LogP) is 5.48. The molecule has 0 aliphatic heterocycles. The van der Waals surface area contributed by atoms with E-state index in [2.05, 4.69) is 28.9 Å². The van der Waals surface area contributed by atoms with Crippen LogP contribution in [-0.4, -0.2) is 46.1 Å². The van der Waals surface area contributed by atoms with Crippen molar-refractivity contribution in [3.63, 3.8) is 0 Å². The van der Waals surface area contributed by atoms with E-state index in [0.29, 0.717) is 25.5 Å². The molecule has 6 nitrogen and oxygen atoms in total. The number of rotatable bonds is 10. The summed E-state index contributed by atoms with van der Waals surface area (Å²) in [4.78, 5) is 23.7. The molecule has 33 heavy (non-hydrogen) atoms. The molecule has 1 aromatic heterocycles. The third-order valence-corrected chi connectivity index (χ3v) is 6.18. The van der Waals surface area contributed by atoms with Crippen LogP contribution in [0.1, 0.15) is 25.0 Å². The molecular weight excluding hydrogens is 458 g/mol. The maximum atomic E-state index is 11.4. The van der Waals surface area contributed by atoms with Crippen molar-refractivity contribution in [3.8, 4) is 11.4 Å². The predicted molar refractivity (Wildman–Crippen MR) is 136 cm³/mol. The molecule has 1 heterocycles. The molecule has 0 aliphatic rings. The van der Waals surface area contributed by atoms with Gasteiger partial charge in [0.2, 0.25) is 0 Å². The lowest BCUT2D eigenvalue weighted by Gasteiger charge is -2.24. The van der Waals surface area contributed by atoms with Crippen LogP contribution < -0.4 is 4.90 Å². The highest BCUT2D eigenvalue weighted by atomic mass is 35.5. The fourth-order valence-electron chi connectivity index (χ4n) is 3.15. The minimum Gasteiger partial charge on any atom is -0.480 e. The second kappa shape index (κ2) is 12.0. The summed E-state index contributed by atoms with van der Waals surface area (Å²) in [6, 6.07) is 18.1. The molecule has 2 aromatic carbocycles. The van der Waals surface area contributed by atoms with E-state index in [0.717, 1.165) is 27.4 Å². The number of aliphatic carboxylic acids is 1. The summed E-state index contributed by atoms with van der Waals surface area (Å²) in [5.41, 5.74) is 3.26. The van der Waals surface area contributed by atoms with Crippen molar-refractivity contribution in [2.24, 2.45) is 0 Å². The number of benzene rings is 2. The Labute approximate surface area is 205 Å². The summed E-state index contributed by atoms with van der Waals surface area (Å²) in [7, 11) is 1.69. The molecule has 0 amide bonds. The Hall–Kier alpha value is -2.61. The van der Waals surface area contributed by atoms with Crippen molar-refractivity contribution in [1.29, 1.82) is 0 Å². The van der Waals surface area contributed by atoms with Gasteiger partial charge in [0, 0.05) is 36.9 Å². The average molecular weight is 488 g/mol. The quantitative estimate of drug-likeness (QED) is 0.379. The molecule has 0 saturated carbocycles. The highest BCUT2D eigenvalue weighted by molar-refractivity contribution is 8.01. The smallest absolute Gasteiger partial charge is 0.319 e. The summed E-state index contributed by atoms with van der Waals surface area (Å²) in [6.07, 6.45) is 1.79. The van der Waals surface area contributed by atoms with E-state index >= 15 is 0 Å². The average Bonchev–Trinajstić information content (AvgIpc) is 2.77. The Morgan fingerprint density at radius 3 is 2.52 bits per heavy atom. The molecule has 0 unspecified atom stereocenters. The minimum absolute atomic E-state index is 0. The number of carbonyl (C=O) groups is 1. The van der Waals surface area contributed by atoms with E-state index in [1.54, 1.807) is 27.2 Å². The standard InChI is InChI=1S/C25H29N3O3S.ClH/c1-18-6-5-7-20(16-18)23-26-13-12-22(27-23)28(14-15-31-4)17-19-8-10-21(11-9-19)32-25(2,3)24(29)30;/h5-13,16H,14-15,17H2,1-4H3,(H,29,30);1H. The van der Waals surface area contributed by atoms with Gasteiger partial charge in [0.05, 0.1) is 6.61 Å². The molecule has 0 fully saturated rings. The molecule has 1 N–H and O–H groups in total. The first-order chi connectivity index (χ1) is 15.3. The third-order valence-electron chi connectivity index (χ3n) is 4.99. The first-order valence-corrected chi connectivity index (χ1v) is 11.3. The second-order valence-electron chi connectivity index (χ2n) is 8.08. The van der Waals surface area contributed by atoms with Crippen LogP contribution in [0.25, 0.3) is 11.4 Å². The Balaban J connectivity index is 0.00000385. The zero-order valence-electron chi connectivity index (χ0n) is 19.3. The van der Waals surface area contributed by atoms with Crippen LogP contribution in [0, 0.1) is 6.92 Å². The normalized spacial score (nSPS) is 11.0. The van der Waals surface area contributed by atoms with Crippen molar-refractivity contribution >= 4 is 36.0 Å². The summed E-state index contributed by atoms with van der Waals surface area (Å²) in [5.74, 6) is 0.695.